The summed E-state index contributed by atoms with van der Waals surface area (Å²) in [4.78, 5) is 73.5. The minimum absolute atomic E-state index is 0. The first-order chi connectivity index (χ1) is 39.6. The molecule has 0 atom stereocenters. The predicted octanol–water partition coefficient (Wildman–Crippen LogP) is 12.3. The summed E-state index contributed by atoms with van der Waals surface area (Å²) in [6, 6.07) is 64.5. The fraction of sp³-hybridized carbons (Fsp3) is 0. The maximum atomic E-state index is 5.02. The molecule has 0 amide bonds. The van der Waals surface area contributed by atoms with Crippen LogP contribution in [0.3, 0.4) is 0 Å². The maximum absolute atomic E-state index is 5.02. The van der Waals surface area contributed by atoms with Crippen LogP contribution in [0.2, 0.25) is 0 Å². The van der Waals surface area contributed by atoms with Gasteiger partial charge in [0.2, 0.25) is 0 Å². The third-order valence-corrected chi connectivity index (χ3v) is 14.9. The van der Waals surface area contributed by atoms with Crippen LogP contribution < -0.4 is 0 Å². The molecule has 4 aliphatic heterocycles. The van der Waals surface area contributed by atoms with E-state index in [0.717, 1.165) is 87.6 Å². The molecule has 18 rings (SSSR count). The molecule has 0 spiro atoms. The number of aromatic amines is 4. The van der Waals surface area contributed by atoms with E-state index in [0.29, 0.717) is 91.8 Å². The minimum Gasteiger partial charge on any atom is -0.324 e. The monoisotopic (exact) mass is 1110 g/mol. The van der Waals surface area contributed by atoms with Crippen molar-refractivity contribution in [3.8, 4) is 91.1 Å². The van der Waals surface area contributed by atoms with E-state index in [9.17, 15) is 0 Å². The van der Waals surface area contributed by atoms with Crippen molar-refractivity contribution < 1.29 is 0 Å². The summed E-state index contributed by atoms with van der Waals surface area (Å²) in [6.07, 6.45) is 0. The Morgan fingerprint density at radius 3 is 0.420 bits per heavy atom. The van der Waals surface area contributed by atoms with Gasteiger partial charge in [-0.3, -0.25) is 0 Å². The Balaban J connectivity index is 0.000000132. The zero-order chi connectivity index (χ0) is 52.4. The van der Waals surface area contributed by atoms with Gasteiger partial charge in [-0.15, -0.1) is 0 Å². The molecule has 4 N–H and O–H groups in total. The number of nitrogens with zero attached hydrogens (tertiary/aromatic N) is 12. The zero-order valence-corrected chi connectivity index (χ0v) is 41.8. The number of hydrogen-bond donors (Lipinski definition) is 4. The molecule has 0 radical (unpaired) electrons. The van der Waals surface area contributed by atoms with Gasteiger partial charge in [0.05, 0.1) is 0 Å². The second kappa shape index (κ2) is 18.0. The van der Waals surface area contributed by atoms with Crippen LogP contribution in [0.4, 0.5) is 0 Å². The van der Waals surface area contributed by atoms with Gasteiger partial charge in [-0.25, -0.2) is 59.8 Å². The van der Waals surface area contributed by atoms with Gasteiger partial charge in [0.25, 0.3) is 0 Å². The Morgan fingerprint density at radius 2 is 0.284 bits per heavy atom. The Morgan fingerprint density at radius 1 is 0.160 bits per heavy atom. The van der Waals surface area contributed by atoms with E-state index in [1.807, 2.05) is 194 Å². The quantitative estimate of drug-likeness (QED) is 0.104. The molecule has 0 saturated heterocycles. The van der Waals surface area contributed by atoms with Crippen LogP contribution in [0.1, 0.15) is 0 Å². The first-order valence-electron chi connectivity index (χ1n) is 26.0. The third-order valence-electron chi connectivity index (χ3n) is 14.9. The van der Waals surface area contributed by atoms with Gasteiger partial charge in [-0.1, -0.05) is 194 Å². The summed E-state index contributed by atoms with van der Waals surface area (Å²) in [5.41, 5.74) is 12.9. The predicted molar refractivity (Wildman–Crippen MR) is 323 cm³/mol. The van der Waals surface area contributed by atoms with Crippen molar-refractivity contribution in [2.75, 3.05) is 0 Å². The number of rotatable bonds is 0. The fourth-order valence-electron chi connectivity index (χ4n) is 11.2. The molecule has 81 heavy (non-hydrogen) atoms. The first kappa shape index (κ1) is 46.1. The smallest absolute Gasteiger partial charge is 0.164 e. The van der Waals surface area contributed by atoms with E-state index >= 15 is 0 Å². The van der Waals surface area contributed by atoms with E-state index in [-0.39, 0.29) is 17.6 Å². The fourth-order valence-corrected chi connectivity index (χ4v) is 11.2. The number of nitrogens with one attached hydrogen (secondary N) is 4. The van der Waals surface area contributed by atoms with Crippen molar-refractivity contribution in [1.29, 1.82) is 0 Å². The largest absolute Gasteiger partial charge is 0.324 e. The van der Waals surface area contributed by atoms with Crippen molar-refractivity contribution in [1.82, 2.24) is 79.7 Å². The summed E-state index contributed by atoms with van der Waals surface area (Å²) in [5, 5.41) is 7.64. The Hall–Kier alpha value is -11.0. The standard InChI is InChI=1S/2C32H18N8.GeH4/c2*1-2-10-18-17(9-1)25-33-26(18)38-28-21-13-5-6-14-22(21)30(35-28)40-32-24-16-8-7-15-23(24)31(36-32)39-29-20-12-4-3-11-19(20)27(34-29)37-25;/h2*1-16H,(H2,33,34,35,36,37,38,39,40);1H4. The van der Waals surface area contributed by atoms with Gasteiger partial charge in [-0.05, 0) is 0 Å². The van der Waals surface area contributed by atoms with Gasteiger partial charge >= 0.3 is 17.6 Å². The summed E-state index contributed by atoms with van der Waals surface area (Å²) in [5.74, 6) is 4.78. The van der Waals surface area contributed by atoms with Crippen LogP contribution in [0.5, 0.6) is 0 Å². The molecule has 4 aliphatic rings. The molecule has 6 aromatic heterocycles. The molecule has 8 aromatic carbocycles. The van der Waals surface area contributed by atoms with Crippen molar-refractivity contribution >= 4 is 106 Å². The second-order valence-corrected chi connectivity index (χ2v) is 19.6. The summed E-state index contributed by atoms with van der Waals surface area (Å²) in [7, 11) is 0. The third kappa shape index (κ3) is 7.38. The second-order valence-electron chi connectivity index (χ2n) is 19.6. The number of fused-ring (bicyclic) bond motifs is 40. The Bertz CT molecular complexity index is 4390. The molecular weight excluding hydrogens is 1070 g/mol. The molecular formula is C64H40GeN16. The maximum Gasteiger partial charge on any atom is 0.164 e. The van der Waals surface area contributed by atoms with Crippen molar-refractivity contribution in [3.05, 3.63) is 194 Å². The number of H-pyrrole nitrogens is 4. The molecule has 10 heterocycles. The molecule has 0 unspecified atom stereocenters. The normalized spacial score (nSPS) is 11.9. The van der Waals surface area contributed by atoms with Crippen LogP contribution in [-0.4, -0.2) is 97.3 Å². The average molecular weight is 1110 g/mol. The molecule has 14 aromatic rings. The molecule has 0 saturated carbocycles. The molecule has 17 heteroatoms. The van der Waals surface area contributed by atoms with Gasteiger partial charge < -0.3 is 19.9 Å². The van der Waals surface area contributed by atoms with Crippen molar-refractivity contribution in [3.63, 3.8) is 0 Å². The summed E-state index contributed by atoms with van der Waals surface area (Å²) >= 11 is 0. The molecule has 0 fully saturated rings. The van der Waals surface area contributed by atoms with Crippen LogP contribution in [0.15, 0.2) is 194 Å². The average Bonchev–Trinajstić information content (AvgIpc) is 4.53. The van der Waals surface area contributed by atoms with Gasteiger partial charge in [0.1, 0.15) is 45.2 Å². The Labute approximate surface area is 468 Å². The van der Waals surface area contributed by atoms with E-state index in [2.05, 4.69) is 19.9 Å². The summed E-state index contributed by atoms with van der Waals surface area (Å²) in [6.45, 7) is 0. The van der Waals surface area contributed by atoms with E-state index in [4.69, 9.17) is 59.8 Å². The van der Waals surface area contributed by atoms with Gasteiger partial charge in [-0.2, -0.15) is 0 Å². The molecule has 16 nitrogen and oxygen atoms in total. The van der Waals surface area contributed by atoms with Crippen molar-refractivity contribution in [2.45, 2.75) is 0 Å². The molecule has 0 aliphatic carbocycles. The number of hydrogen-bond acceptors (Lipinski definition) is 12. The molecule has 16 bridgehead atoms. The number of aromatic nitrogens is 16. The van der Waals surface area contributed by atoms with Crippen LogP contribution >= 0.6 is 0 Å². The Kier molecular flexibility index (Phi) is 10.3. The van der Waals surface area contributed by atoms with E-state index < -0.39 is 0 Å². The molecule has 380 valence electrons. The van der Waals surface area contributed by atoms with Crippen LogP contribution in [0.25, 0.3) is 179 Å². The zero-order valence-electron chi connectivity index (χ0n) is 41.8. The van der Waals surface area contributed by atoms with Crippen molar-refractivity contribution in [2.24, 2.45) is 0 Å². The first-order valence-corrected chi connectivity index (χ1v) is 26.0. The van der Waals surface area contributed by atoms with Gasteiger partial charge in [0.15, 0.2) is 46.6 Å². The SMILES string of the molecule is [GeH4].c1ccc2c(c1)-c1nc-2nc2[nH]c(nc3nc(nc4[nH]c(n1)c1ccccc41)-c1ccccc1-3)c1ccccc21.c1ccc2c(c1)-c1nc-2nc2[nH]c(nc3nc(nc4[nH]c(n1)c1ccccc41)-c1ccccc1-3)c1ccccc21. The van der Waals surface area contributed by atoms with Gasteiger partial charge in [0, 0.05) is 87.6 Å². The van der Waals surface area contributed by atoms with E-state index in [1.54, 1.807) is 0 Å². The summed E-state index contributed by atoms with van der Waals surface area (Å²) < 4.78 is 0. The van der Waals surface area contributed by atoms with E-state index in [1.165, 1.54) is 0 Å². The minimum atomic E-state index is 0. The number of benzene rings is 8. The van der Waals surface area contributed by atoms with Crippen LogP contribution in [0, 0.1) is 0 Å². The topological polar surface area (TPSA) is 218 Å². The van der Waals surface area contributed by atoms with Crippen LogP contribution in [-0.2, 0) is 0 Å².